The average molecular weight is 343 g/mol. The van der Waals surface area contributed by atoms with Gasteiger partial charge in [-0.15, -0.1) is 0 Å². The lowest BCUT2D eigenvalue weighted by atomic mass is 10.0. The van der Waals surface area contributed by atoms with Crippen LogP contribution in [0.2, 0.25) is 0 Å². The molecule has 2 atom stereocenters. The second kappa shape index (κ2) is 8.16. The topological polar surface area (TPSA) is 66.3 Å². The minimum absolute atomic E-state index is 0.00208. The van der Waals surface area contributed by atoms with E-state index in [1.165, 1.54) is 12.1 Å². The van der Waals surface area contributed by atoms with Gasteiger partial charge in [0.25, 0.3) is 0 Å². The first-order chi connectivity index (χ1) is 12.1. The zero-order valence-corrected chi connectivity index (χ0v) is 14.0. The monoisotopic (exact) mass is 343 g/mol. The van der Waals surface area contributed by atoms with Crippen molar-refractivity contribution in [1.29, 1.82) is 0 Å². The lowest BCUT2D eigenvalue weighted by molar-refractivity contribution is -0.130. The highest BCUT2D eigenvalue weighted by atomic mass is 19.1. The number of amides is 1. The number of carbonyl (C=O) groups excluding carboxylic acids is 1. The number of aryl methyl sites for hydroxylation is 1. The van der Waals surface area contributed by atoms with Crippen LogP contribution in [0, 0.1) is 11.7 Å². The van der Waals surface area contributed by atoms with E-state index >= 15 is 0 Å². The summed E-state index contributed by atoms with van der Waals surface area (Å²) in [5, 5.41) is 10.2. The molecule has 0 spiro atoms. The zero-order valence-electron chi connectivity index (χ0n) is 14.0. The third kappa shape index (κ3) is 4.82. The van der Waals surface area contributed by atoms with Crippen molar-refractivity contribution >= 4 is 5.91 Å². The van der Waals surface area contributed by atoms with Crippen molar-refractivity contribution in [2.24, 2.45) is 5.92 Å². The Labute approximate surface area is 146 Å². The van der Waals surface area contributed by atoms with E-state index in [9.17, 15) is 14.3 Å². The van der Waals surface area contributed by atoms with Crippen LogP contribution in [-0.2, 0) is 17.6 Å². The van der Waals surface area contributed by atoms with Crippen molar-refractivity contribution in [2.45, 2.75) is 31.8 Å². The zero-order chi connectivity index (χ0) is 17.6. The Hall–Kier alpha value is -2.34. The quantitative estimate of drug-likeness (QED) is 0.871. The maximum atomic E-state index is 12.9. The van der Waals surface area contributed by atoms with Crippen molar-refractivity contribution in [2.75, 3.05) is 13.1 Å². The number of hydrogen-bond acceptors (Lipinski definition) is 4. The van der Waals surface area contributed by atoms with Gasteiger partial charge in [0.1, 0.15) is 5.82 Å². The van der Waals surface area contributed by atoms with Gasteiger partial charge < -0.3 is 10.0 Å². The fraction of sp³-hybridized carbons (Fsp3) is 0.421. The van der Waals surface area contributed by atoms with Crippen LogP contribution >= 0.6 is 0 Å². The average Bonchev–Trinajstić information content (AvgIpc) is 2.98. The maximum absolute atomic E-state index is 12.9. The van der Waals surface area contributed by atoms with Crippen LogP contribution < -0.4 is 0 Å². The number of hydrogen-bond donors (Lipinski definition) is 1. The van der Waals surface area contributed by atoms with Gasteiger partial charge in [0.15, 0.2) is 0 Å². The van der Waals surface area contributed by atoms with Crippen molar-refractivity contribution in [1.82, 2.24) is 14.9 Å². The van der Waals surface area contributed by atoms with Gasteiger partial charge in [-0.2, -0.15) is 0 Å². The Kier molecular flexibility index (Phi) is 5.71. The predicted molar refractivity (Wildman–Crippen MR) is 91.2 cm³/mol. The Morgan fingerprint density at radius 3 is 2.76 bits per heavy atom. The lowest BCUT2D eigenvalue weighted by Gasteiger charge is -2.16. The maximum Gasteiger partial charge on any atom is 0.222 e. The first kappa shape index (κ1) is 17.5. The summed E-state index contributed by atoms with van der Waals surface area (Å²) in [7, 11) is 0. The Bertz CT molecular complexity index is 694. The van der Waals surface area contributed by atoms with E-state index in [-0.39, 0.29) is 17.6 Å². The molecule has 1 saturated heterocycles. The molecular formula is C19H22FN3O2. The molecule has 2 aromatic rings. The molecule has 1 fully saturated rings. The van der Waals surface area contributed by atoms with E-state index < -0.39 is 6.10 Å². The molecule has 1 aromatic heterocycles. The van der Waals surface area contributed by atoms with Crippen molar-refractivity contribution in [3.63, 3.8) is 0 Å². The number of aliphatic hydroxyl groups excluding tert-OH is 1. The Balaban J connectivity index is 1.45. The Morgan fingerprint density at radius 2 is 2.04 bits per heavy atom. The predicted octanol–water partition coefficient (Wildman–Crippen LogP) is 2.00. The van der Waals surface area contributed by atoms with Crippen LogP contribution in [0.15, 0.2) is 42.9 Å². The minimum Gasteiger partial charge on any atom is -0.391 e. The molecule has 25 heavy (non-hydrogen) atoms. The molecule has 2 heterocycles. The van der Waals surface area contributed by atoms with Crippen LogP contribution in [0.25, 0.3) is 0 Å². The van der Waals surface area contributed by atoms with Gasteiger partial charge in [0.05, 0.1) is 11.8 Å². The summed E-state index contributed by atoms with van der Waals surface area (Å²) in [6.07, 6.45) is 6.93. The molecule has 1 amide bonds. The van der Waals surface area contributed by atoms with Gasteiger partial charge in [-0.05, 0) is 37.0 Å². The molecule has 1 N–H and O–H groups in total. The fourth-order valence-electron chi connectivity index (χ4n) is 3.22. The van der Waals surface area contributed by atoms with E-state index in [2.05, 4.69) is 9.97 Å². The number of likely N-dealkylation sites (tertiary alicyclic amines) is 1. The summed E-state index contributed by atoms with van der Waals surface area (Å²) in [5.74, 6) is -0.194. The molecular weight excluding hydrogens is 321 g/mol. The van der Waals surface area contributed by atoms with Gasteiger partial charge >= 0.3 is 0 Å². The van der Waals surface area contributed by atoms with Crippen molar-refractivity contribution < 1.29 is 14.3 Å². The highest BCUT2D eigenvalue weighted by Gasteiger charge is 2.33. The molecule has 0 unspecified atom stereocenters. The number of aliphatic hydroxyl groups is 1. The van der Waals surface area contributed by atoms with E-state index in [1.807, 2.05) is 0 Å². The van der Waals surface area contributed by atoms with E-state index in [0.717, 1.165) is 17.7 Å². The third-order valence-electron chi connectivity index (χ3n) is 4.62. The summed E-state index contributed by atoms with van der Waals surface area (Å²) in [4.78, 5) is 22.4. The Morgan fingerprint density at radius 1 is 1.24 bits per heavy atom. The molecule has 0 bridgehead atoms. The first-order valence-corrected chi connectivity index (χ1v) is 8.57. The summed E-state index contributed by atoms with van der Waals surface area (Å²) in [6.45, 7) is 0.924. The SMILES string of the molecule is O=C(CCCc1ccc(F)cc1)N1C[C@@H](Cc2cnccn2)[C@H](O)C1. The highest BCUT2D eigenvalue weighted by molar-refractivity contribution is 5.76. The highest BCUT2D eigenvalue weighted by Crippen LogP contribution is 2.21. The second-order valence-corrected chi connectivity index (χ2v) is 6.51. The number of aromatic nitrogens is 2. The van der Waals surface area contributed by atoms with Crippen LogP contribution in [0.3, 0.4) is 0 Å². The number of halogens is 1. The standard InChI is InChI=1S/C19H22FN3O2/c20-16-6-4-14(5-7-16)2-1-3-19(25)23-12-15(18(24)13-23)10-17-11-21-8-9-22-17/h4-9,11,15,18,24H,1-3,10,12-13H2/t15-,18-/m1/s1. The van der Waals surface area contributed by atoms with Crippen LogP contribution in [0.1, 0.15) is 24.1 Å². The number of β-amino-alcohol motifs (C(OH)–C–C–N with tert-alkyl or cyclic N) is 1. The van der Waals surface area contributed by atoms with Crippen LogP contribution in [-0.4, -0.2) is 45.1 Å². The second-order valence-electron chi connectivity index (χ2n) is 6.51. The fourth-order valence-corrected chi connectivity index (χ4v) is 3.22. The van der Waals surface area contributed by atoms with Gasteiger partial charge in [-0.1, -0.05) is 12.1 Å². The molecule has 0 saturated carbocycles. The number of nitrogens with zero attached hydrogens (tertiary/aromatic N) is 3. The molecule has 1 aromatic carbocycles. The van der Waals surface area contributed by atoms with Gasteiger partial charge in [0.2, 0.25) is 5.91 Å². The molecule has 1 aliphatic heterocycles. The number of benzene rings is 1. The molecule has 5 nitrogen and oxygen atoms in total. The molecule has 1 aliphatic rings. The molecule has 132 valence electrons. The first-order valence-electron chi connectivity index (χ1n) is 8.57. The van der Waals surface area contributed by atoms with Crippen molar-refractivity contribution in [3.8, 4) is 0 Å². The largest absolute Gasteiger partial charge is 0.391 e. The molecule has 0 radical (unpaired) electrons. The van der Waals surface area contributed by atoms with Crippen LogP contribution in [0.4, 0.5) is 4.39 Å². The molecule has 6 heteroatoms. The minimum atomic E-state index is -0.525. The normalized spacial score (nSPS) is 20.0. The smallest absolute Gasteiger partial charge is 0.222 e. The summed E-state index contributed by atoms with van der Waals surface area (Å²) in [5.41, 5.74) is 1.85. The number of rotatable bonds is 6. The third-order valence-corrected chi connectivity index (χ3v) is 4.62. The van der Waals surface area contributed by atoms with E-state index in [0.29, 0.717) is 32.4 Å². The van der Waals surface area contributed by atoms with Gasteiger partial charge in [-0.25, -0.2) is 4.39 Å². The summed E-state index contributed by atoms with van der Waals surface area (Å²) < 4.78 is 12.9. The van der Waals surface area contributed by atoms with Gasteiger partial charge in [-0.3, -0.25) is 14.8 Å². The number of carbonyl (C=O) groups is 1. The van der Waals surface area contributed by atoms with E-state index in [4.69, 9.17) is 0 Å². The molecule has 3 rings (SSSR count). The van der Waals surface area contributed by atoms with Crippen molar-refractivity contribution in [3.05, 3.63) is 59.9 Å². The summed E-state index contributed by atoms with van der Waals surface area (Å²) >= 11 is 0. The summed E-state index contributed by atoms with van der Waals surface area (Å²) in [6, 6.07) is 6.36. The molecule has 0 aliphatic carbocycles. The van der Waals surface area contributed by atoms with Crippen LogP contribution in [0.5, 0.6) is 0 Å². The lowest BCUT2D eigenvalue weighted by Crippen LogP contribution is -2.29. The van der Waals surface area contributed by atoms with E-state index in [1.54, 1.807) is 35.6 Å². The van der Waals surface area contributed by atoms with Gasteiger partial charge in [0, 0.05) is 44.0 Å².